The topological polar surface area (TPSA) is 0 Å². The van der Waals surface area contributed by atoms with E-state index in [1.165, 1.54) is 61.8 Å². The average Bonchev–Trinajstić information content (AvgIpc) is 2.88. The minimum absolute atomic E-state index is 0.223. The Morgan fingerprint density at radius 2 is 1.09 bits per heavy atom. The second-order valence-electron chi connectivity index (χ2n) is 9.28. The monoisotopic (exact) mass is 436 g/mol. The van der Waals surface area contributed by atoms with Crippen molar-refractivity contribution >= 4 is 32.3 Å². The first-order chi connectivity index (χ1) is 16.0. The Balaban J connectivity index is 0.000000464. The Hall–Kier alpha value is -2.86. The van der Waals surface area contributed by atoms with Crippen molar-refractivity contribution in [2.45, 2.75) is 73.1 Å². The molecule has 0 fully saturated rings. The fraction of sp³-hybridized carbons (Fsp3) is 0.333. The molecular weight excluding hydrogens is 396 g/mol. The van der Waals surface area contributed by atoms with Gasteiger partial charge in [-0.05, 0) is 60.8 Å². The molecule has 0 aromatic heterocycles. The zero-order valence-corrected chi connectivity index (χ0v) is 21.6. The van der Waals surface area contributed by atoms with Crippen molar-refractivity contribution in [1.29, 1.82) is 0 Å². The Labute approximate surface area is 201 Å². The van der Waals surface area contributed by atoms with E-state index in [-0.39, 0.29) is 5.41 Å². The lowest BCUT2D eigenvalue weighted by Gasteiger charge is -2.23. The fourth-order valence-electron chi connectivity index (χ4n) is 4.29. The van der Waals surface area contributed by atoms with E-state index in [0.29, 0.717) is 0 Å². The molecule has 172 valence electrons. The molecule has 0 radical (unpaired) electrons. The number of hydrogen-bond donors (Lipinski definition) is 0. The molecule has 5 aromatic rings. The van der Waals surface area contributed by atoms with Gasteiger partial charge in [0.05, 0.1) is 0 Å². The van der Waals surface area contributed by atoms with Gasteiger partial charge in [-0.25, -0.2) is 0 Å². The minimum Gasteiger partial charge on any atom is -0.0683 e. The van der Waals surface area contributed by atoms with E-state index in [9.17, 15) is 0 Å². The van der Waals surface area contributed by atoms with Gasteiger partial charge in [-0.15, -0.1) is 0 Å². The van der Waals surface area contributed by atoms with Crippen LogP contribution in [0.1, 0.15) is 73.3 Å². The molecule has 0 bridgehead atoms. The Bertz CT molecular complexity index is 1270. The summed E-state index contributed by atoms with van der Waals surface area (Å²) in [4.78, 5) is 0. The molecule has 0 saturated carbocycles. The number of unbranched alkanes of at least 4 members (excludes halogenated alkanes) is 1. The van der Waals surface area contributed by atoms with E-state index in [1.54, 1.807) is 0 Å². The first-order valence-electron chi connectivity index (χ1n) is 12.8. The van der Waals surface area contributed by atoms with Crippen molar-refractivity contribution < 1.29 is 0 Å². The number of hydrogen-bond acceptors (Lipinski definition) is 0. The molecule has 0 aliphatic carbocycles. The third-order valence-corrected chi connectivity index (χ3v) is 6.89. The standard InChI is InChI=1S/C27H24.C4H10.C2H6/c1-4-27(2,3)22-14-10-18(11-15-22)23-16-12-21-9-8-19-6-5-7-20-13-17-24(23)26(21)25(19)20;1-3-4-2;1-2/h5-17H,4H2,1-3H3;3-4H2,1-2H3;1-2H3. The zero-order chi connectivity index (χ0) is 24.0. The van der Waals surface area contributed by atoms with Gasteiger partial charge in [0, 0.05) is 0 Å². The Kier molecular flexibility index (Phi) is 8.14. The van der Waals surface area contributed by atoms with Gasteiger partial charge < -0.3 is 0 Å². The van der Waals surface area contributed by atoms with E-state index in [2.05, 4.69) is 113 Å². The summed E-state index contributed by atoms with van der Waals surface area (Å²) >= 11 is 0. The van der Waals surface area contributed by atoms with Crippen molar-refractivity contribution in [3.05, 3.63) is 84.4 Å². The van der Waals surface area contributed by atoms with Crippen LogP contribution < -0.4 is 0 Å². The highest BCUT2D eigenvalue weighted by Crippen LogP contribution is 2.39. The second kappa shape index (κ2) is 10.8. The molecule has 5 aromatic carbocycles. The van der Waals surface area contributed by atoms with Crippen molar-refractivity contribution in [2.24, 2.45) is 0 Å². The van der Waals surface area contributed by atoms with Crippen LogP contribution in [0.2, 0.25) is 0 Å². The molecule has 0 spiro atoms. The summed E-state index contributed by atoms with van der Waals surface area (Å²) in [7, 11) is 0. The summed E-state index contributed by atoms with van der Waals surface area (Å²) in [5.41, 5.74) is 4.25. The van der Waals surface area contributed by atoms with Gasteiger partial charge in [-0.1, -0.05) is 140 Å². The summed E-state index contributed by atoms with van der Waals surface area (Å²) < 4.78 is 0. The molecule has 0 aliphatic heterocycles. The molecule has 33 heavy (non-hydrogen) atoms. The largest absolute Gasteiger partial charge is 0.0683 e. The molecule has 0 unspecified atom stereocenters. The molecule has 0 heterocycles. The van der Waals surface area contributed by atoms with E-state index in [4.69, 9.17) is 0 Å². The van der Waals surface area contributed by atoms with Crippen LogP contribution in [0.4, 0.5) is 0 Å². The molecule has 0 saturated heterocycles. The average molecular weight is 437 g/mol. The predicted molar refractivity (Wildman–Crippen MR) is 151 cm³/mol. The van der Waals surface area contributed by atoms with Crippen LogP contribution in [0.5, 0.6) is 0 Å². The lowest BCUT2D eigenvalue weighted by atomic mass is 9.81. The summed E-state index contributed by atoms with van der Waals surface area (Å²) in [5, 5.41) is 8.09. The van der Waals surface area contributed by atoms with Crippen LogP contribution in [0.3, 0.4) is 0 Å². The molecular formula is C33H40. The summed E-state index contributed by atoms with van der Waals surface area (Å²) in [6.07, 6.45) is 3.78. The molecule has 0 N–H and O–H groups in total. The van der Waals surface area contributed by atoms with Crippen molar-refractivity contribution in [1.82, 2.24) is 0 Å². The lowest BCUT2D eigenvalue weighted by Crippen LogP contribution is -2.14. The van der Waals surface area contributed by atoms with Crippen LogP contribution in [0.15, 0.2) is 78.9 Å². The van der Waals surface area contributed by atoms with Crippen molar-refractivity contribution in [3.63, 3.8) is 0 Å². The third-order valence-electron chi connectivity index (χ3n) is 6.89. The molecule has 5 rings (SSSR count). The van der Waals surface area contributed by atoms with Crippen LogP contribution in [0.25, 0.3) is 43.4 Å². The molecule has 0 heteroatoms. The van der Waals surface area contributed by atoms with Gasteiger partial charge in [0.2, 0.25) is 0 Å². The Morgan fingerprint density at radius 1 is 0.576 bits per heavy atom. The van der Waals surface area contributed by atoms with E-state index < -0.39 is 0 Å². The zero-order valence-electron chi connectivity index (χ0n) is 21.6. The van der Waals surface area contributed by atoms with Gasteiger partial charge in [0.1, 0.15) is 0 Å². The number of benzene rings is 5. The van der Waals surface area contributed by atoms with Gasteiger partial charge in [-0.2, -0.15) is 0 Å². The molecule has 0 amide bonds. The third kappa shape index (κ3) is 4.91. The van der Waals surface area contributed by atoms with Crippen molar-refractivity contribution in [2.75, 3.05) is 0 Å². The highest BCUT2D eigenvalue weighted by atomic mass is 14.2. The van der Waals surface area contributed by atoms with Gasteiger partial charge >= 0.3 is 0 Å². The van der Waals surface area contributed by atoms with E-state index in [0.717, 1.165) is 6.42 Å². The predicted octanol–water partition coefficient (Wildman–Crippen LogP) is 10.8. The molecule has 0 atom stereocenters. The SMILES string of the molecule is CC.CCC(C)(C)c1ccc(-c2ccc3ccc4cccc5ccc2c3c45)cc1.CCCC. The quantitative estimate of drug-likeness (QED) is 0.246. The normalized spacial score (nSPS) is 11.2. The molecule has 0 aliphatic rings. The van der Waals surface area contributed by atoms with Crippen LogP contribution in [-0.4, -0.2) is 0 Å². The highest BCUT2D eigenvalue weighted by Gasteiger charge is 2.18. The van der Waals surface area contributed by atoms with E-state index >= 15 is 0 Å². The highest BCUT2D eigenvalue weighted by molar-refractivity contribution is 6.25. The molecule has 0 nitrogen and oxygen atoms in total. The summed E-state index contributed by atoms with van der Waals surface area (Å²) in [5.74, 6) is 0. The maximum absolute atomic E-state index is 2.32. The van der Waals surface area contributed by atoms with Gasteiger partial charge in [0.15, 0.2) is 0 Å². The number of rotatable bonds is 4. The van der Waals surface area contributed by atoms with Crippen LogP contribution >= 0.6 is 0 Å². The van der Waals surface area contributed by atoms with Crippen molar-refractivity contribution in [3.8, 4) is 11.1 Å². The maximum Gasteiger partial charge on any atom is -0.00206 e. The first kappa shape index (κ1) is 24.8. The maximum atomic E-state index is 2.32. The smallest absolute Gasteiger partial charge is 0.00206 e. The minimum atomic E-state index is 0.223. The second-order valence-corrected chi connectivity index (χ2v) is 9.28. The Morgan fingerprint density at radius 3 is 1.64 bits per heavy atom. The van der Waals surface area contributed by atoms with Crippen LogP contribution in [0, 0.1) is 0 Å². The first-order valence-corrected chi connectivity index (χ1v) is 12.8. The van der Waals surface area contributed by atoms with E-state index in [1.807, 2.05) is 13.8 Å². The van der Waals surface area contributed by atoms with Crippen LogP contribution in [-0.2, 0) is 5.41 Å². The van der Waals surface area contributed by atoms with Gasteiger partial charge in [-0.3, -0.25) is 0 Å². The summed E-state index contributed by atoms with van der Waals surface area (Å²) in [6.45, 7) is 15.3. The fourth-order valence-corrected chi connectivity index (χ4v) is 4.29. The lowest BCUT2D eigenvalue weighted by molar-refractivity contribution is 0.506. The van der Waals surface area contributed by atoms with Gasteiger partial charge in [0.25, 0.3) is 0 Å². The summed E-state index contributed by atoms with van der Waals surface area (Å²) in [6, 6.07) is 29.4.